The van der Waals surface area contributed by atoms with Gasteiger partial charge in [-0.1, -0.05) is 23.2 Å². The fourth-order valence-corrected chi connectivity index (χ4v) is 3.81. The summed E-state index contributed by atoms with van der Waals surface area (Å²) in [6.07, 6.45) is 2.10. The van der Waals surface area contributed by atoms with Gasteiger partial charge in [0.05, 0.1) is 22.5 Å². The van der Waals surface area contributed by atoms with Crippen molar-refractivity contribution in [2.45, 2.75) is 19.8 Å². The molecule has 34 heavy (non-hydrogen) atoms. The lowest BCUT2D eigenvalue weighted by atomic mass is 9.97. The van der Waals surface area contributed by atoms with Crippen LogP contribution in [0.25, 0.3) is 0 Å². The molecule has 12 nitrogen and oxygen atoms in total. The number of halogens is 2. The molecule has 2 aromatic rings. The van der Waals surface area contributed by atoms with Crippen molar-refractivity contribution in [3.8, 4) is 5.75 Å². The van der Waals surface area contributed by atoms with E-state index in [0.29, 0.717) is 37.6 Å². The second-order valence-electron chi connectivity index (χ2n) is 7.20. The number of benzene rings is 1. The van der Waals surface area contributed by atoms with Crippen molar-refractivity contribution in [3.05, 3.63) is 44.7 Å². The molecule has 0 aliphatic carbocycles. The molecule has 3 rings (SSSR count). The average Bonchev–Trinajstić information content (AvgIpc) is 2.82. The predicted molar refractivity (Wildman–Crippen MR) is 124 cm³/mol. The summed E-state index contributed by atoms with van der Waals surface area (Å²) in [4.78, 5) is 44.9. The number of anilines is 2. The maximum atomic E-state index is 12.2. The number of hydrazine groups is 1. The zero-order valence-corrected chi connectivity index (χ0v) is 19.6. The van der Waals surface area contributed by atoms with Crippen LogP contribution in [0.5, 0.6) is 5.75 Å². The van der Waals surface area contributed by atoms with E-state index in [-0.39, 0.29) is 34.3 Å². The number of esters is 1. The summed E-state index contributed by atoms with van der Waals surface area (Å²) in [6, 6.07) is 4.54. The van der Waals surface area contributed by atoms with Gasteiger partial charge >= 0.3 is 11.7 Å². The number of amides is 1. The van der Waals surface area contributed by atoms with Crippen LogP contribution in [0.15, 0.2) is 24.5 Å². The standard InChI is InChI=1S/C20H22Cl2N6O6/c1-2-33-20(30)12-5-7-27(8-6-12)19-17(28(31)32)18(23-11-24-19)26-25-16(29)10-34-15-4-3-13(21)9-14(15)22/h3-4,9,11-12H,2,5-8,10H2,1H3,(H,25,29)(H,23,24,26). The number of ether oxygens (including phenoxy) is 2. The third-order valence-corrected chi connectivity index (χ3v) is 5.50. The van der Waals surface area contributed by atoms with E-state index in [1.165, 1.54) is 12.1 Å². The maximum absolute atomic E-state index is 12.2. The number of nitrogens with zero attached hydrogens (tertiary/aromatic N) is 4. The molecular formula is C20H22Cl2N6O6. The molecule has 0 radical (unpaired) electrons. The molecule has 1 aromatic heterocycles. The zero-order valence-electron chi connectivity index (χ0n) is 18.1. The van der Waals surface area contributed by atoms with Gasteiger partial charge in [0, 0.05) is 18.1 Å². The van der Waals surface area contributed by atoms with Gasteiger partial charge in [-0.3, -0.25) is 30.6 Å². The van der Waals surface area contributed by atoms with Gasteiger partial charge in [0.1, 0.15) is 12.1 Å². The number of piperidine rings is 1. The van der Waals surface area contributed by atoms with Crippen LogP contribution in [-0.2, 0) is 14.3 Å². The number of nitrogens with one attached hydrogen (secondary N) is 2. The Morgan fingerprint density at radius 3 is 2.65 bits per heavy atom. The Morgan fingerprint density at radius 1 is 1.26 bits per heavy atom. The van der Waals surface area contributed by atoms with Crippen LogP contribution in [0.3, 0.4) is 0 Å². The average molecular weight is 513 g/mol. The van der Waals surface area contributed by atoms with Gasteiger partial charge < -0.3 is 14.4 Å². The van der Waals surface area contributed by atoms with Crippen molar-refractivity contribution < 1.29 is 24.0 Å². The van der Waals surface area contributed by atoms with Crippen LogP contribution >= 0.6 is 23.2 Å². The molecule has 1 fully saturated rings. The van der Waals surface area contributed by atoms with Crippen LogP contribution in [0, 0.1) is 16.0 Å². The van der Waals surface area contributed by atoms with E-state index in [1.54, 1.807) is 17.9 Å². The minimum Gasteiger partial charge on any atom is -0.482 e. The van der Waals surface area contributed by atoms with Crippen molar-refractivity contribution in [2.24, 2.45) is 5.92 Å². The van der Waals surface area contributed by atoms with Gasteiger partial charge in [-0.05, 0) is 38.0 Å². The number of carbonyl (C=O) groups is 2. The van der Waals surface area contributed by atoms with Gasteiger partial charge in [0.2, 0.25) is 11.6 Å². The van der Waals surface area contributed by atoms with Gasteiger partial charge in [0.25, 0.3) is 5.91 Å². The third kappa shape index (κ3) is 6.35. The number of rotatable bonds is 9. The van der Waals surface area contributed by atoms with E-state index in [0.717, 1.165) is 6.33 Å². The van der Waals surface area contributed by atoms with Crippen molar-refractivity contribution in [1.29, 1.82) is 0 Å². The monoisotopic (exact) mass is 512 g/mol. The van der Waals surface area contributed by atoms with E-state index in [9.17, 15) is 19.7 Å². The lowest BCUT2D eigenvalue weighted by Gasteiger charge is -2.31. The lowest BCUT2D eigenvalue weighted by Crippen LogP contribution is -2.38. The van der Waals surface area contributed by atoms with Crippen LogP contribution in [0.2, 0.25) is 10.0 Å². The van der Waals surface area contributed by atoms with E-state index < -0.39 is 23.1 Å². The molecule has 2 heterocycles. The van der Waals surface area contributed by atoms with E-state index in [2.05, 4.69) is 20.8 Å². The highest BCUT2D eigenvalue weighted by Crippen LogP contribution is 2.34. The van der Waals surface area contributed by atoms with Gasteiger partial charge in [-0.25, -0.2) is 9.97 Å². The van der Waals surface area contributed by atoms with Crippen molar-refractivity contribution in [3.63, 3.8) is 0 Å². The Balaban J connectivity index is 1.63. The molecule has 0 atom stereocenters. The van der Waals surface area contributed by atoms with E-state index in [4.69, 9.17) is 32.7 Å². The first kappa shape index (κ1) is 25.2. The van der Waals surface area contributed by atoms with Crippen molar-refractivity contribution in [2.75, 3.05) is 36.6 Å². The first-order valence-corrected chi connectivity index (χ1v) is 11.1. The van der Waals surface area contributed by atoms with Crippen LogP contribution in [-0.4, -0.2) is 53.1 Å². The van der Waals surface area contributed by atoms with Gasteiger partial charge in [-0.2, -0.15) is 0 Å². The summed E-state index contributed by atoms with van der Waals surface area (Å²) in [5.74, 6) is -1.02. The molecule has 1 aliphatic heterocycles. The molecule has 0 spiro atoms. The Kier molecular flexibility index (Phi) is 8.66. The Hall–Kier alpha value is -3.38. The number of aromatic nitrogens is 2. The number of nitro groups is 1. The minimum absolute atomic E-state index is 0.0863. The molecule has 0 unspecified atom stereocenters. The first-order valence-electron chi connectivity index (χ1n) is 10.3. The molecule has 1 saturated heterocycles. The highest BCUT2D eigenvalue weighted by atomic mass is 35.5. The topological polar surface area (TPSA) is 149 Å². The molecule has 1 aliphatic rings. The fraction of sp³-hybridized carbons (Fsp3) is 0.400. The predicted octanol–water partition coefficient (Wildman–Crippen LogP) is 2.99. The largest absolute Gasteiger partial charge is 0.482 e. The van der Waals surface area contributed by atoms with Crippen LogP contribution < -0.4 is 20.5 Å². The second-order valence-corrected chi connectivity index (χ2v) is 8.05. The van der Waals surface area contributed by atoms with Gasteiger partial charge in [-0.15, -0.1) is 0 Å². The lowest BCUT2D eigenvalue weighted by molar-refractivity contribution is -0.383. The Morgan fingerprint density at radius 2 is 2.00 bits per heavy atom. The molecule has 2 N–H and O–H groups in total. The number of hydrogen-bond donors (Lipinski definition) is 2. The summed E-state index contributed by atoms with van der Waals surface area (Å²) in [6.45, 7) is 2.38. The molecule has 14 heteroatoms. The summed E-state index contributed by atoms with van der Waals surface area (Å²) in [5, 5.41) is 12.4. The quantitative estimate of drug-likeness (QED) is 0.291. The SMILES string of the molecule is CCOC(=O)C1CCN(c2ncnc(NNC(=O)COc3ccc(Cl)cc3Cl)c2[N+](=O)[O-])CC1. The summed E-state index contributed by atoms with van der Waals surface area (Å²) < 4.78 is 10.4. The fourth-order valence-electron chi connectivity index (χ4n) is 3.35. The minimum atomic E-state index is -0.634. The highest BCUT2D eigenvalue weighted by molar-refractivity contribution is 6.35. The summed E-state index contributed by atoms with van der Waals surface area (Å²) >= 11 is 11.8. The van der Waals surface area contributed by atoms with E-state index >= 15 is 0 Å². The maximum Gasteiger partial charge on any atom is 0.355 e. The molecular weight excluding hydrogens is 491 g/mol. The molecule has 0 bridgehead atoms. The van der Waals surface area contributed by atoms with Crippen LogP contribution in [0.4, 0.5) is 17.3 Å². The number of hydrogen-bond acceptors (Lipinski definition) is 10. The third-order valence-electron chi connectivity index (χ3n) is 4.97. The first-order chi connectivity index (χ1) is 16.3. The van der Waals surface area contributed by atoms with Gasteiger partial charge in [0.15, 0.2) is 6.61 Å². The highest BCUT2D eigenvalue weighted by Gasteiger charge is 2.32. The van der Waals surface area contributed by atoms with Crippen LogP contribution in [0.1, 0.15) is 19.8 Å². The molecule has 1 aromatic carbocycles. The summed E-state index contributed by atoms with van der Waals surface area (Å²) in [7, 11) is 0. The molecule has 0 saturated carbocycles. The Bertz CT molecular complexity index is 1060. The zero-order chi connectivity index (χ0) is 24.7. The second kappa shape index (κ2) is 11.7. The normalized spacial score (nSPS) is 13.8. The van der Waals surface area contributed by atoms with Crippen molar-refractivity contribution >= 4 is 52.4 Å². The summed E-state index contributed by atoms with van der Waals surface area (Å²) in [5.41, 5.74) is 4.35. The molecule has 182 valence electrons. The Labute approximate surface area is 204 Å². The van der Waals surface area contributed by atoms with E-state index in [1.807, 2.05) is 0 Å². The van der Waals surface area contributed by atoms with Crippen molar-refractivity contribution in [1.82, 2.24) is 15.4 Å². The molecule has 1 amide bonds. The smallest absolute Gasteiger partial charge is 0.355 e. The number of carbonyl (C=O) groups excluding carboxylic acids is 2.